The minimum absolute atomic E-state index is 0.00437. The number of esters is 3. The average molecular weight is 461 g/mol. The van der Waals surface area contributed by atoms with Gasteiger partial charge in [-0.2, -0.15) is 0 Å². The van der Waals surface area contributed by atoms with E-state index in [1.807, 2.05) is 0 Å². The number of carbonyl (C=O) groups excluding carboxylic acids is 4. The first kappa shape index (κ1) is 27.3. The molecular weight excluding hydrogens is 430 g/mol. The predicted octanol–water partition coefficient (Wildman–Crippen LogP) is 0.160. The number of carboxylic acids is 1. The van der Waals surface area contributed by atoms with E-state index < -0.39 is 72.5 Å². The van der Waals surface area contributed by atoms with Crippen LogP contribution in [0.2, 0.25) is 0 Å². The third-order valence-electron chi connectivity index (χ3n) is 4.72. The molecule has 6 atom stereocenters. The molecule has 1 saturated heterocycles. The van der Waals surface area contributed by atoms with Gasteiger partial charge in [-0.1, -0.05) is 6.92 Å². The maximum Gasteiger partial charge on any atom is 0.364 e. The second-order valence-electron chi connectivity index (χ2n) is 7.51. The Morgan fingerprint density at radius 2 is 1.66 bits per heavy atom. The van der Waals surface area contributed by atoms with Crippen molar-refractivity contribution in [3.05, 3.63) is 0 Å². The monoisotopic (exact) mass is 461 g/mol. The molecule has 12 nitrogen and oxygen atoms in total. The lowest BCUT2D eigenvalue weighted by atomic mass is 9.83. The Morgan fingerprint density at radius 1 is 1.06 bits per heavy atom. The highest BCUT2D eigenvalue weighted by Gasteiger charge is 2.56. The molecule has 0 aromatic heterocycles. The Labute approximate surface area is 185 Å². The van der Waals surface area contributed by atoms with Gasteiger partial charge in [-0.3, -0.25) is 19.2 Å². The van der Waals surface area contributed by atoms with E-state index >= 15 is 0 Å². The molecule has 0 bridgehead atoms. The maximum atomic E-state index is 12.1. The van der Waals surface area contributed by atoms with Gasteiger partial charge < -0.3 is 34.1 Å². The van der Waals surface area contributed by atoms with E-state index in [1.54, 1.807) is 13.8 Å². The zero-order valence-electron chi connectivity index (χ0n) is 19.0. The summed E-state index contributed by atoms with van der Waals surface area (Å²) < 4.78 is 26.8. The molecular formula is C20H31NO11. The third kappa shape index (κ3) is 7.45. The zero-order valence-corrected chi connectivity index (χ0v) is 19.0. The summed E-state index contributed by atoms with van der Waals surface area (Å²) in [7, 11) is 0. The number of rotatable bonds is 10. The zero-order chi connectivity index (χ0) is 24.6. The van der Waals surface area contributed by atoms with Crippen LogP contribution in [0, 0.1) is 5.92 Å². The molecule has 0 radical (unpaired) electrons. The van der Waals surface area contributed by atoms with Crippen LogP contribution < -0.4 is 5.32 Å². The number of carboxylic acid groups (broad SMARTS) is 1. The first-order valence-electron chi connectivity index (χ1n) is 10.1. The fraction of sp³-hybridized carbons (Fsp3) is 0.750. The predicted molar refractivity (Wildman–Crippen MR) is 106 cm³/mol. The van der Waals surface area contributed by atoms with E-state index in [9.17, 15) is 29.1 Å². The van der Waals surface area contributed by atoms with Crippen LogP contribution in [0.1, 0.15) is 48.0 Å². The lowest BCUT2D eigenvalue weighted by Gasteiger charge is -2.48. The van der Waals surface area contributed by atoms with Crippen LogP contribution in [-0.4, -0.2) is 78.2 Å². The number of aliphatic carboxylic acids is 1. The van der Waals surface area contributed by atoms with Crippen LogP contribution in [0.25, 0.3) is 0 Å². The summed E-state index contributed by atoms with van der Waals surface area (Å²) in [4.78, 5) is 58.9. The van der Waals surface area contributed by atoms with Crippen molar-refractivity contribution in [2.75, 3.05) is 13.2 Å². The molecule has 1 amide bonds. The van der Waals surface area contributed by atoms with E-state index in [2.05, 4.69) is 5.32 Å². The van der Waals surface area contributed by atoms with Crippen LogP contribution in [0.15, 0.2) is 0 Å². The number of nitrogens with one attached hydrogen (secondary N) is 1. The van der Waals surface area contributed by atoms with Gasteiger partial charge in [-0.25, -0.2) is 4.79 Å². The number of ether oxygens (including phenoxy) is 5. The van der Waals surface area contributed by atoms with Crippen molar-refractivity contribution in [1.82, 2.24) is 5.32 Å². The summed E-state index contributed by atoms with van der Waals surface area (Å²) in [6.45, 7) is 7.34. The van der Waals surface area contributed by atoms with E-state index in [1.165, 1.54) is 6.92 Å². The Kier molecular flexibility index (Phi) is 10.0. The van der Waals surface area contributed by atoms with Crippen LogP contribution in [-0.2, 0) is 47.7 Å². The minimum atomic E-state index is -2.10. The SMILES string of the molecule is CCO[C@@]1(C(=O)O)CC(C)[C@@H](NC(C)=O)C([C@H](OC(C)=O)[C@@H](COC(C)=O)OC(C)=O)O1. The summed E-state index contributed by atoms with van der Waals surface area (Å²) >= 11 is 0. The van der Waals surface area contributed by atoms with Crippen molar-refractivity contribution in [1.29, 1.82) is 0 Å². The van der Waals surface area contributed by atoms with E-state index in [0.717, 1.165) is 20.8 Å². The topological polar surface area (TPSA) is 164 Å². The number of carbonyl (C=O) groups is 5. The molecule has 0 aromatic carbocycles. The quantitative estimate of drug-likeness (QED) is 0.336. The van der Waals surface area contributed by atoms with Crippen molar-refractivity contribution in [3.8, 4) is 0 Å². The van der Waals surface area contributed by atoms with Crippen molar-refractivity contribution in [3.63, 3.8) is 0 Å². The van der Waals surface area contributed by atoms with Gasteiger partial charge >= 0.3 is 23.9 Å². The standard InChI is InChI=1S/C20H31NO11/c1-7-29-20(19(26)27)8-10(2)16(21-11(3)22)18(32-20)17(31-14(6)25)15(30-13(5)24)9-28-12(4)23/h10,15-18H,7-9H2,1-6H3,(H,21,22)(H,26,27)/t10?,15-,16-,17-,18?,20+/m1/s1. The van der Waals surface area contributed by atoms with Gasteiger partial charge in [0.15, 0.2) is 12.2 Å². The maximum absolute atomic E-state index is 12.1. The number of hydrogen-bond donors (Lipinski definition) is 2. The summed E-state index contributed by atoms with van der Waals surface area (Å²) in [5.74, 6) is -6.74. The first-order valence-corrected chi connectivity index (χ1v) is 10.1. The summed E-state index contributed by atoms with van der Waals surface area (Å²) in [6.07, 6.45) is -4.23. The van der Waals surface area contributed by atoms with E-state index in [4.69, 9.17) is 23.7 Å². The molecule has 12 heteroatoms. The van der Waals surface area contributed by atoms with Gasteiger partial charge in [0.25, 0.3) is 5.79 Å². The summed E-state index contributed by atoms with van der Waals surface area (Å²) in [5, 5.41) is 12.5. The smallest absolute Gasteiger partial charge is 0.364 e. The average Bonchev–Trinajstić information content (AvgIpc) is 2.64. The molecule has 2 N–H and O–H groups in total. The van der Waals surface area contributed by atoms with Gasteiger partial charge in [0.2, 0.25) is 5.91 Å². The number of hydrogen-bond acceptors (Lipinski definition) is 10. The molecule has 1 fully saturated rings. The molecule has 1 rings (SSSR count). The van der Waals surface area contributed by atoms with Crippen LogP contribution in [0.3, 0.4) is 0 Å². The van der Waals surface area contributed by atoms with Crippen molar-refractivity contribution < 1.29 is 52.8 Å². The number of amides is 1. The fourth-order valence-electron chi connectivity index (χ4n) is 3.63. The molecule has 0 aromatic rings. The highest BCUT2D eigenvalue weighted by molar-refractivity contribution is 5.76. The largest absolute Gasteiger partial charge is 0.477 e. The van der Waals surface area contributed by atoms with Crippen LogP contribution >= 0.6 is 0 Å². The van der Waals surface area contributed by atoms with Crippen molar-refractivity contribution in [2.45, 2.75) is 78.1 Å². The Hall–Kier alpha value is -2.73. The highest BCUT2D eigenvalue weighted by atomic mass is 16.7. The second kappa shape index (κ2) is 11.8. The van der Waals surface area contributed by atoms with Crippen molar-refractivity contribution >= 4 is 29.8 Å². The van der Waals surface area contributed by atoms with Crippen LogP contribution in [0.5, 0.6) is 0 Å². The summed E-state index contributed by atoms with van der Waals surface area (Å²) in [6, 6.07) is -0.847. The highest BCUT2D eigenvalue weighted by Crippen LogP contribution is 2.37. The van der Waals surface area contributed by atoms with Gasteiger partial charge in [0.05, 0.1) is 6.04 Å². The molecule has 32 heavy (non-hydrogen) atoms. The fourth-order valence-corrected chi connectivity index (χ4v) is 3.63. The molecule has 1 aliphatic heterocycles. The van der Waals surface area contributed by atoms with Gasteiger partial charge in [-0.05, 0) is 12.8 Å². The molecule has 182 valence electrons. The van der Waals surface area contributed by atoms with E-state index in [-0.39, 0.29) is 13.0 Å². The normalized spacial score (nSPS) is 26.9. The van der Waals surface area contributed by atoms with Gasteiger partial charge in [-0.15, -0.1) is 0 Å². The Morgan fingerprint density at radius 3 is 2.09 bits per heavy atom. The summed E-state index contributed by atoms with van der Waals surface area (Å²) in [5.41, 5.74) is 0. The van der Waals surface area contributed by atoms with Gasteiger partial charge in [0.1, 0.15) is 12.7 Å². The molecule has 2 unspecified atom stereocenters. The molecule has 0 aliphatic carbocycles. The molecule has 0 saturated carbocycles. The van der Waals surface area contributed by atoms with Gasteiger partial charge in [0, 0.05) is 40.7 Å². The van der Waals surface area contributed by atoms with Crippen LogP contribution in [0.4, 0.5) is 0 Å². The van der Waals surface area contributed by atoms with E-state index in [0.29, 0.717) is 0 Å². The third-order valence-corrected chi connectivity index (χ3v) is 4.72. The minimum Gasteiger partial charge on any atom is -0.477 e. The second-order valence-corrected chi connectivity index (χ2v) is 7.51. The lowest BCUT2D eigenvalue weighted by Crippen LogP contribution is -2.66. The molecule has 1 heterocycles. The lowest BCUT2D eigenvalue weighted by molar-refractivity contribution is -0.305. The Balaban J connectivity index is 3.54. The Bertz CT molecular complexity index is 724. The molecule has 0 spiro atoms. The van der Waals surface area contributed by atoms with Crippen molar-refractivity contribution in [2.24, 2.45) is 5.92 Å². The molecule has 1 aliphatic rings. The first-order chi connectivity index (χ1) is 14.8.